The fourth-order valence-corrected chi connectivity index (χ4v) is 5.50. The van der Waals surface area contributed by atoms with E-state index < -0.39 is 23.7 Å². The van der Waals surface area contributed by atoms with E-state index in [1.165, 1.54) is 18.4 Å². The molecule has 4 atom stereocenters. The van der Waals surface area contributed by atoms with Gasteiger partial charge in [0.15, 0.2) is 17.0 Å². The van der Waals surface area contributed by atoms with E-state index in [0.29, 0.717) is 33.2 Å². The maximum Gasteiger partial charge on any atom is 0.228 e. The van der Waals surface area contributed by atoms with E-state index in [0.717, 1.165) is 24.1 Å². The molecule has 2 aliphatic carbocycles. The number of nitrogens with zero attached hydrogens (tertiary/aromatic N) is 4. The second kappa shape index (κ2) is 8.82. The third-order valence-corrected chi connectivity index (χ3v) is 7.99. The third kappa shape index (κ3) is 3.92. The highest BCUT2D eigenvalue weighted by molar-refractivity contribution is 7.16. The average Bonchev–Trinajstić information content (AvgIpc) is 3.47. The number of carbonyl (C=O) groups is 1. The fraction of sp³-hybridized carbons (Fsp3) is 0.478. The van der Waals surface area contributed by atoms with Gasteiger partial charge in [0.05, 0.1) is 33.1 Å². The van der Waals surface area contributed by atoms with Gasteiger partial charge in [0.25, 0.3) is 0 Å². The number of halogens is 1. The Morgan fingerprint density at radius 2 is 2.09 bits per heavy atom. The lowest BCUT2D eigenvalue weighted by Crippen LogP contribution is -2.45. The summed E-state index contributed by atoms with van der Waals surface area (Å²) < 4.78 is 2.37. The molecule has 0 radical (unpaired) electrons. The first-order valence-corrected chi connectivity index (χ1v) is 12.4. The lowest BCUT2D eigenvalue weighted by atomic mass is 9.85. The number of amides is 1. The number of aliphatic hydroxyl groups is 2. The number of carbonyl (C=O) groups excluding carboxylic acids is 1. The van der Waals surface area contributed by atoms with Crippen LogP contribution in [-0.2, 0) is 4.79 Å². The summed E-state index contributed by atoms with van der Waals surface area (Å²) in [5.41, 5.74) is -0.0918. The molecule has 11 heteroatoms. The van der Waals surface area contributed by atoms with Gasteiger partial charge in [0.2, 0.25) is 11.7 Å². The molecule has 2 saturated carbocycles. The molecule has 0 saturated heterocycles. The van der Waals surface area contributed by atoms with Gasteiger partial charge in [-0.2, -0.15) is 0 Å². The zero-order valence-corrected chi connectivity index (χ0v) is 20.3. The van der Waals surface area contributed by atoms with Crippen LogP contribution >= 0.6 is 22.9 Å². The van der Waals surface area contributed by atoms with Crippen molar-refractivity contribution in [2.24, 2.45) is 5.41 Å². The minimum Gasteiger partial charge on any atom is -0.389 e. The van der Waals surface area contributed by atoms with Crippen molar-refractivity contribution in [2.75, 3.05) is 12.4 Å². The molecule has 34 heavy (non-hydrogen) atoms. The van der Waals surface area contributed by atoms with Crippen molar-refractivity contribution in [3.05, 3.63) is 33.5 Å². The van der Waals surface area contributed by atoms with Crippen molar-refractivity contribution in [1.82, 2.24) is 24.8 Å². The predicted molar refractivity (Wildman–Crippen MR) is 130 cm³/mol. The van der Waals surface area contributed by atoms with Crippen LogP contribution in [-0.4, -0.2) is 60.9 Å². The summed E-state index contributed by atoms with van der Waals surface area (Å²) in [6.07, 6.45) is 2.68. The predicted octanol–water partition coefficient (Wildman–Crippen LogP) is 2.32. The van der Waals surface area contributed by atoms with E-state index in [-0.39, 0.29) is 12.3 Å². The Morgan fingerprint density at radius 3 is 2.74 bits per heavy atom. The molecule has 3 heterocycles. The molecule has 9 nitrogen and oxygen atoms in total. The van der Waals surface area contributed by atoms with Crippen molar-refractivity contribution < 1.29 is 15.0 Å². The van der Waals surface area contributed by atoms with Gasteiger partial charge < -0.3 is 25.4 Å². The number of thiophene rings is 1. The molecule has 0 aromatic carbocycles. The van der Waals surface area contributed by atoms with Crippen LogP contribution < -0.4 is 10.6 Å². The zero-order chi connectivity index (χ0) is 24.0. The molecule has 3 aromatic heterocycles. The standard InChI is InChI=1S/C23H25ClN6O3S/c1-23(22(33)25-2)10-14(18(31)19(23)32)30-11-26-17-20(27-12-4-3-5-12)28-16(29-21(17)30)9-7-13-6-8-15(24)34-13/h6,8,11-12,14,18-19,31-32H,3-5,10H2,1-2H3,(H,25,33)(H,27,28,29)/t14-,18+,19+,23+/m1/s1. The molecular formula is C23H25ClN6O3S. The number of aromatic nitrogens is 4. The van der Waals surface area contributed by atoms with Crippen molar-refractivity contribution in [2.45, 2.75) is 56.9 Å². The van der Waals surface area contributed by atoms with Crippen LogP contribution in [0.5, 0.6) is 0 Å². The Bertz CT molecular complexity index is 1310. The van der Waals surface area contributed by atoms with Crippen LogP contribution in [0.1, 0.15) is 49.4 Å². The number of hydrogen-bond acceptors (Lipinski definition) is 8. The van der Waals surface area contributed by atoms with Gasteiger partial charge in [-0.15, -0.1) is 11.3 Å². The molecular weight excluding hydrogens is 476 g/mol. The molecule has 0 bridgehead atoms. The second-order valence-electron chi connectivity index (χ2n) is 9.05. The topological polar surface area (TPSA) is 125 Å². The van der Waals surface area contributed by atoms with Gasteiger partial charge in [-0.3, -0.25) is 4.79 Å². The number of rotatable bonds is 4. The molecule has 5 rings (SSSR count). The summed E-state index contributed by atoms with van der Waals surface area (Å²) in [6, 6.07) is 3.35. The van der Waals surface area contributed by atoms with E-state index >= 15 is 0 Å². The highest BCUT2D eigenvalue weighted by Gasteiger charge is 2.54. The molecule has 2 fully saturated rings. The van der Waals surface area contributed by atoms with E-state index in [4.69, 9.17) is 11.6 Å². The van der Waals surface area contributed by atoms with Gasteiger partial charge in [-0.05, 0) is 56.6 Å². The highest BCUT2D eigenvalue weighted by atomic mass is 35.5. The first-order chi connectivity index (χ1) is 16.3. The maximum atomic E-state index is 12.5. The number of hydrogen-bond donors (Lipinski definition) is 4. The van der Waals surface area contributed by atoms with E-state index in [9.17, 15) is 15.0 Å². The van der Waals surface area contributed by atoms with Gasteiger partial charge >= 0.3 is 0 Å². The minimum absolute atomic E-state index is 0.227. The third-order valence-electron chi connectivity index (χ3n) is 6.84. The Labute approximate surface area is 205 Å². The summed E-state index contributed by atoms with van der Waals surface area (Å²) in [6.45, 7) is 1.65. The van der Waals surface area contributed by atoms with Gasteiger partial charge in [0, 0.05) is 13.1 Å². The lowest BCUT2D eigenvalue weighted by molar-refractivity contribution is -0.136. The zero-order valence-electron chi connectivity index (χ0n) is 18.7. The summed E-state index contributed by atoms with van der Waals surface area (Å²) in [4.78, 5) is 27.1. The summed E-state index contributed by atoms with van der Waals surface area (Å²) in [7, 11) is 1.52. The molecule has 0 spiro atoms. The largest absolute Gasteiger partial charge is 0.389 e. The monoisotopic (exact) mass is 500 g/mol. The molecule has 0 aliphatic heterocycles. The number of fused-ring (bicyclic) bond motifs is 1. The molecule has 1 amide bonds. The first-order valence-electron chi connectivity index (χ1n) is 11.2. The van der Waals surface area contributed by atoms with Gasteiger partial charge in [-0.25, -0.2) is 15.0 Å². The van der Waals surface area contributed by atoms with Crippen molar-refractivity contribution in [1.29, 1.82) is 0 Å². The summed E-state index contributed by atoms with van der Waals surface area (Å²) in [5.74, 6) is 6.63. The van der Waals surface area contributed by atoms with Gasteiger partial charge in [0.1, 0.15) is 6.10 Å². The number of nitrogens with one attached hydrogen (secondary N) is 2. The van der Waals surface area contributed by atoms with E-state index in [1.54, 1.807) is 23.9 Å². The quantitative estimate of drug-likeness (QED) is 0.405. The minimum atomic E-state index is -1.23. The van der Waals surface area contributed by atoms with Crippen molar-refractivity contribution in [3.8, 4) is 11.8 Å². The Kier molecular flexibility index (Phi) is 5.98. The Hall–Kier alpha value is -2.71. The van der Waals surface area contributed by atoms with Crippen LogP contribution in [0.4, 0.5) is 5.82 Å². The Morgan fingerprint density at radius 1 is 1.29 bits per heavy atom. The van der Waals surface area contributed by atoms with Crippen molar-refractivity contribution in [3.63, 3.8) is 0 Å². The lowest BCUT2D eigenvalue weighted by Gasteiger charge is -2.27. The van der Waals surface area contributed by atoms with E-state index in [1.807, 2.05) is 6.07 Å². The molecule has 4 N–H and O–H groups in total. The smallest absolute Gasteiger partial charge is 0.228 e. The normalized spacial score (nSPS) is 26.7. The second-order valence-corrected chi connectivity index (χ2v) is 10.8. The van der Waals surface area contributed by atoms with E-state index in [2.05, 4.69) is 37.4 Å². The molecule has 178 valence electrons. The van der Waals surface area contributed by atoms with Crippen LogP contribution in [0.3, 0.4) is 0 Å². The van der Waals surface area contributed by atoms with Crippen LogP contribution in [0, 0.1) is 17.3 Å². The maximum absolute atomic E-state index is 12.5. The highest BCUT2D eigenvalue weighted by Crippen LogP contribution is 2.45. The van der Waals surface area contributed by atoms with Gasteiger partial charge in [-0.1, -0.05) is 11.6 Å². The first kappa shape index (κ1) is 23.1. The Balaban J connectivity index is 1.57. The average molecular weight is 501 g/mol. The van der Waals surface area contributed by atoms with Crippen molar-refractivity contribution >= 4 is 45.8 Å². The number of anilines is 1. The van der Waals surface area contributed by atoms with Crippen LogP contribution in [0.15, 0.2) is 18.5 Å². The molecule has 0 unspecified atom stereocenters. The van der Waals surface area contributed by atoms with Crippen LogP contribution in [0.25, 0.3) is 11.2 Å². The summed E-state index contributed by atoms with van der Waals surface area (Å²) >= 11 is 7.38. The SMILES string of the molecule is CNC(=O)[C@@]1(C)C[C@@H](n2cnc3c(NC4CCC4)nc(C#Cc4ccc(Cl)s4)nc32)[C@H](O)[C@@H]1O. The van der Waals surface area contributed by atoms with Crippen LogP contribution in [0.2, 0.25) is 4.34 Å². The molecule has 3 aromatic rings. The summed E-state index contributed by atoms with van der Waals surface area (Å²) in [5, 5.41) is 27.6. The molecule has 2 aliphatic rings. The number of aliphatic hydroxyl groups excluding tert-OH is 2. The fourth-order valence-electron chi connectivity index (χ4n) is 4.60. The number of imidazole rings is 1.